The molecule has 0 bridgehead atoms. The maximum atomic E-state index is 12.0. The Labute approximate surface area is 148 Å². The highest BCUT2D eigenvalue weighted by atomic mass is 79.9. The predicted octanol–water partition coefficient (Wildman–Crippen LogP) is 4.38. The number of nitrogens with one attached hydrogen (secondary N) is 1. The molecule has 2 aromatic carbocycles. The number of amides is 1. The van der Waals surface area contributed by atoms with E-state index in [2.05, 4.69) is 31.4 Å². The molecule has 1 aromatic heterocycles. The average Bonchev–Trinajstić information content (AvgIpc) is 3.06. The first kappa shape index (κ1) is 16.4. The maximum absolute atomic E-state index is 12.0. The van der Waals surface area contributed by atoms with E-state index in [1.54, 1.807) is 0 Å². The minimum Gasteiger partial charge on any atom is -0.421 e. The van der Waals surface area contributed by atoms with Gasteiger partial charge in [-0.15, -0.1) is 10.2 Å². The molecule has 0 aliphatic rings. The van der Waals surface area contributed by atoms with E-state index in [0.717, 1.165) is 21.3 Å². The maximum Gasteiger partial charge on any atom is 0.247 e. The average molecular weight is 386 g/mol. The molecule has 3 aromatic rings. The number of carbonyl (C=O) groups excluding carboxylic acids is 1. The highest BCUT2D eigenvalue weighted by Gasteiger charge is 2.10. The van der Waals surface area contributed by atoms with Crippen molar-refractivity contribution in [2.24, 2.45) is 0 Å². The van der Waals surface area contributed by atoms with E-state index in [0.29, 0.717) is 18.2 Å². The molecule has 0 atom stereocenters. The fourth-order valence-electron chi connectivity index (χ4n) is 2.17. The lowest BCUT2D eigenvalue weighted by Gasteiger charge is -2.06. The summed E-state index contributed by atoms with van der Waals surface area (Å²) in [6.07, 6.45) is 0.681. The Bertz CT molecular complexity index is 846. The van der Waals surface area contributed by atoms with Gasteiger partial charge in [-0.2, -0.15) is 0 Å². The summed E-state index contributed by atoms with van der Waals surface area (Å²) in [5.41, 5.74) is 2.74. The van der Waals surface area contributed by atoms with Crippen LogP contribution < -0.4 is 5.32 Å². The Balaban J connectivity index is 1.56. The van der Waals surface area contributed by atoms with Crippen LogP contribution in [0.4, 0.5) is 5.69 Å². The van der Waals surface area contributed by atoms with Gasteiger partial charge in [0.05, 0.1) is 0 Å². The Morgan fingerprint density at radius 1 is 1.17 bits per heavy atom. The van der Waals surface area contributed by atoms with Gasteiger partial charge in [0.1, 0.15) is 0 Å². The largest absolute Gasteiger partial charge is 0.421 e. The Kier molecular flexibility index (Phi) is 5.05. The molecule has 5 nitrogen and oxygen atoms in total. The van der Waals surface area contributed by atoms with Crippen molar-refractivity contribution >= 4 is 27.5 Å². The second-order valence-electron chi connectivity index (χ2n) is 5.38. The summed E-state index contributed by atoms with van der Waals surface area (Å²) in [6.45, 7) is 2.00. The van der Waals surface area contributed by atoms with Crippen LogP contribution in [0.5, 0.6) is 0 Å². The molecule has 1 N–H and O–H groups in total. The first-order chi connectivity index (χ1) is 11.6. The Hall–Kier alpha value is -2.47. The molecule has 0 saturated heterocycles. The number of halogens is 1. The van der Waals surface area contributed by atoms with E-state index in [1.165, 1.54) is 0 Å². The van der Waals surface area contributed by atoms with Gasteiger partial charge >= 0.3 is 0 Å². The summed E-state index contributed by atoms with van der Waals surface area (Å²) in [6, 6.07) is 15.3. The summed E-state index contributed by atoms with van der Waals surface area (Å²) in [4.78, 5) is 12.0. The number of hydrogen-bond acceptors (Lipinski definition) is 4. The summed E-state index contributed by atoms with van der Waals surface area (Å²) in [5.74, 6) is 0.827. The molecular formula is C18H16BrN3O2. The number of rotatable bonds is 5. The van der Waals surface area contributed by atoms with E-state index in [1.807, 2.05) is 55.5 Å². The van der Waals surface area contributed by atoms with Crippen molar-refractivity contribution < 1.29 is 9.21 Å². The van der Waals surface area contributed by atoms with Gasteiger partial charge in [-0.25, -0.2) is 0 Å². The van der Waals surface area contributed by atoms with Crippen LogP contribution in [0.15, 0.2) is 57.4 Å². The topological polar surface area (TPSA) is 68.0 Å². The molecular weight excluding hydrogens is 370 g/mol. The second-order valence-corrected chi connectivity index (χ2v) is 6.23. The van der Waals surface area contributed by atoms with Gasteiger partial charge < -0.3 is 9.73 Å². The molecule has 24 heavy (non-hydrogen) atoms. The van der Waals surface area contributed by atoms with Gasteiger partial charge in [0.2, 0.25) is 17.7 Å². The van der Waals surface area contributed by atoms with Gasteiger partial charge in [-0.3, -0.25) is 4.79 Å². The molecule has 0 spiro atoms. The third-order valence-electron chi connectivity index (χ3n) is 3.51. The molecule has 0 unspecified atom stereocenters. The fourth-order valence-corrected chi connectivity index (χ4v) is 2.55. The summed E-state index contributed by atoms with van der Waals surface area (Å²) >= 11 is 3.45. The van der Waals surface area contributed by atoms with E-state index in [-0.39, 0.29) is 12.3 Å². The zero-order valence-electron chi connectivity index (χ0n) is 13.1. The van der Waals surface area contributed by atoms with Crippen LogP contribution in [0.25, 0.3) is 11.5 Å². The van der Waals surface area contributed by atoms with Crippen molar-refractivity contribution in [2.75, 3.05) is 5.32 Å². The lowest BCUT2D eigenvalue weighted by atomic mass is 10.2. The van der Waals surface area contributed by atoms with Crippen molar-refractivity contribution in [3.05, 3.63) is 64.5 Å². The highest BCUT2D eigenvalue weighted by molar-refractivity contribution is 9.10. The smallest absolute Gasteiger partial charge is 0.247 e. The predicted molar refractivity (Wildman–Crippen MR) is 95.6 cm³/mol. The molecule has 0 saturated carbocycles. The first-order valence-corrected chi connectivity index (χ1v) is 8.35. The van der Waals surface area contributed by atoms with Crippen molar-refractivity contribution in [2.45, 2.75) is 19.8 Å². The van der Waals surface area contributed by atoms with Gasteiger partial charge in [0.15, 0.2) is 0 Å². The fraction of sp³-hybridized carbons (Fsp3) is 0.167. The van der Waals surface area contributed by atoms with E-state index >= 15 is 0 Å². The first-order valence-electron chi connectivity index (χ1n) is 7.55. The Morgan fingerprint density at radius 3 is 2.71 bits per heavy atom. The van der Waals surface area contributed by atoms with Gasteiger partial charge in [-0.05, 0) is 36.8 Å². The lowest BCUT2D eigenvalue weighted by molar-refractivity contribution is -0.116. The molecule has 6 heteroatoms. The van der Waals surface area contributed by atoms with Crippen molar-refractivity contribution in [3.8, 4) is 11.5 Å². The van der Waals surface area contributed by atoms with Crippen molar-refractivity contribution in [1.29, 1.82) is 0 Å². The highest BCUT2D eigenvalue weighted by Crippen LogP contribution is 2.21. The zero-order valence-corrected chi connectivity index (χ0v) is 14.7. The molecule has 0 radical (unpaired) electrons. The molecule has 122 valence electrons. The third kappa shape index (κ3) is 4.08. The van der Waals surface area contributed by atoms with Crippen LogP contribution in [0, 0.1) is 6.92 Å². The van der Waals surface area contributed by atoms with Crippen LogP contribution >= 0.6 is 15.9 Å². The summed E-state index contributed by atoms with van der Waals surface area (Å²) in [7, 11) is 0. The third-order valence-corrected chi connectivity index (χ3v) is 4.36. The van der Waals surface area contributed by atoms with Crippen molar-refractivity contribution in [1.82, 2.24) is 10.2 Å². The van der Waals surface area contributed by atoms with Crippen LogP contribution in [0.2, 0.25) is 0 Å². The number of benzene rings is 2. The van der Waals surface area contributed by atoms with Gasteiger partial charge in [0, 0.05) is 28.6 Å². The Morgan fingerprint density at radius 2 is 1.96 bits per heavy atom. The second kappa shape index (κ2) is 7.40. The monoisotopic (exact) mass is 385 g/mol. The normalized spacial score (nSPS) is 10.6. The van der Waals surface area contributed by atoms with E-state index < -0.39 is 0 Å². The number of anilines is 1. The van der Waals surface area contributed by atoms with Gasteiger partial charge in [-0.1, -0.05) is 40.2 Å². The van der Waals surface area contributed by atoms with Crippen LogP contribution in [-0.2, 0) is 11.2 Å². The summed E-state index contributed by atoms with van der Waals surface area (Å²) in [5, 5.41) is 10.9. The molecule has 1 amide bonds. The van der Waals surface area contributed by atoms with E-state index in [9.17, 15) is 4.79 Å². The van der Waals surface area contributed by atoms with Crippen LogP contribution in [-0.4, -0.2) is 16.1 Å². The van der Waals surface area contributed by atoms with Crippen LogP contribution in [0.3, 0.4) is 0 Å². The molecule has 0 fully saturated rings. The molecule has 3 rings (SSSR count). The number of aryl methyl sites for hydroxylation is 2. The minimum atomic E-state index is -0.0924. The zero-order chi connectivity index (χ0) is 16.9. The van der Waals surface area contributed by atoms with Crippen molar-refractivity contribution in [3.63, 3.8) is 0 Å². The molecule has 1 heterocycles. The minimum absolute atomic E-state index is 0.0924. The standard InChI is InChI=1S/C18H16BrN3O2/c1-12-7-8-14(11-15(12)19)20-16(23)9-10-17-21-22-18(24-17)13-5-3-2-4-6-13/h2-8,11H,9-10H2,1H3,(H,20,23). The van der Waals surface area contributed by atoms with Gasteiger partial charge in [0.25, 0.3) is 0 Å². The molecule has 0 aliphatic carbocycles. The lowest BCUT2D eigenvalue weighted by Crippen LogP contribution is -2.12. The molecule has 0 aliphatic heterocycles. The summed E-state index contributed by atoms with van der Waals surface area (Å²) < 4.78 is 6.56. The number of nitrogens with zero attached hydrogens (tertiary/aromatic N) is 2. The van der Waals surface area contributed by atoms with Crippen LogP contribution in [0.1, 0.15) is 17.9 Å². The van der Waals surface area contributed by atoms with E-state index in [4.69, 9.17) is 4.42 Å². The number of aromatic nitrogens is 2. The SMILES string of the molecule is Cc1ccc(NC(=O)CCc2nnc(-c3ccccc3)o2)cc1Br. The quantitative estimate of drug-likeness (QED) is 0.707. The number of hydrogen-bond donors (Lipinski definition) is 1. The number of carbonyl (C=O) groups is 1.